The summed E-state index contributed by atoms with van der Waals surface area (Å²) in [6.45, 7) is 0. The number of benzene rings is 1. The Hall–Kier alpha value is -0.320. The highest BCUT2D eigenvalue weighted by molar-refractivity contribution is 9.10. The molecule has 0 radical (unpaired) electrons. The van der Waals surface area contributed by atoms with E-state index >= 15 is 0 Å². The number of hydrogen-bond donors (Lipinski definition) is 1. The Morgan fingerprint density at radius 2 is 1.75 bits per heavy atom. The van der Waals surface area contributed by atoms with Gasteiger partial charge in [-0.25, -0.2) is 8.42 Å². The summed E-state index contributed by atoms with van der Waals surface area (Å²) in [5.74, 6) is 0. The number of sulfonamides is 1. The van der Waals surface area contributed by atoms with Crippen molar-refractivity contribution < 1.29 is 8.42 Å². The van der Waals surface area contributed by atoms with Crippen LogP contribution in [0.3, 0.4) is 0 Å². The van der Waals surface area contributed by atoms with Crippen LogP contribution in [0.25, 0.3) is 0 Å². The highest BCUT2D eigenvalue weighted by Gasteiger charge is 2.39. The second-order valence-corrected chi connectivity index (χ2v) is 8.05. The van der Waals surface area contributed by atoms with E-state index in [1.54, 1.807) is 0 Å². The van der Waals surface area contributed by atoms with E-state index < -0.39 is 15.6 Å². The molecule has 0 spiro atoms. The van der Waals surface area contributed by atoms with E-state index in [1.807, 2.05) is 0 Å². The van der Waals surface area contributed by atoms with Gasteiger partial charge >= 0.3 is 0 Å². The van der Waals surface area contributed by atoms with E-state index in [0.29, 0.717) is 17.3 Å². The molecule has 0 aliphatic heterocycles. The van der Waals surface area contributed by atoms with Crippen LogP contribution in [0.4, 0.5) is 0 Å². The number of halogens is 3. The first-order chi connectivity index (χ1) is 9.30. The Balaban J connectivity index is 2.44. The van der Waals surface area contributed by atoms with Gasteiger partial charge in [-0.1, -0.05) is 52.0 Å². The van der Waals surface area contributed by atoms with Crippen LogP contribution in [0.5, 0.6) is 0 Å². The zero-order chi connectivity index (χ0) is 15.0. The second kappa shape index (κ2) is 5.82. The minimum atomic E-state index is -3.95. The van der Waals surface area contributed by atoms with Crippen molar-refractivity contribution in [2.75, 3.05) is 0 Å². The van der Waals surface area contributed by atoms with Crippen LogP contribution in [-0.2, 0) is 10.0 Å². The van der Waals surface area contributed by atoms with E-state index in [0.717, 1.165) is 12.8 Å². The van der Waals surface area contributed by atoms with E-state index in [9.17, 15) is 13.7 Å². The molecule has 1 aliphatic rings. The predicted molar refractivity (Wildman–Crippen MR) is 81.3 cm³/mol. The summed E-state index contributed by atoms with van der Waals surface area (Å²) in [4.78, 5) is -0.189. The van der Waals surface area contributed by atoms with Crippen LogP contribution in [0.15, 0.2) is 21.5 Å². The molecule has 0 atom stereocenters. The summed E-state index contributed by atoms with van der Waals surface area (Å²) < 4.78 is 28.0. The van der Waals surface area contributed by atoms with Gasteiger partial charge in [0.25, 0.3) is 0 Å². The van der Waals surface area contributed by atoms with Gasteiger partial charge in [-0.2, -0.15) is 9.98 Å². The summed E-state index contributed by atoms with van der Waals surface area (Å²) in [5.41, 5.74) is -1.06. The van der Waals surface area contributed by atoms with E-state index in [2.05, 4.69) is 26.7 Å². The molecule has 1 aromatic carbocycles. The molecule has 1 aliphatic carbocycles. The van der Waals surface area contributed by atoms with Gasteiger partial charge in [0, 0.05) is 4.47 Å². The lowest BCUT2D eigenvalue weighted by atomic mass is 10.0. The fourth-order valence-corrected chi connectivity index (χ4v) is 5.62. The second-order valence-electron chi connectivity index (χ2n) is 4.71. The van der Waals surface area contributed by atoms with Crippen molar-refractivity contribution in [3.8, 4) is 6.07 Å². The van der Waals surface area contributed by atoms with Gasteiger partial charge in [0.15, 0.2) is 0 Å². The van der Waals surface area contributed by atoms with Gasteiger partial charge in [0.05, 0.1) is 16.1 Å². The average Bonchev–Trinajstić information content (AvgIpc) is 2.75. The number of nitriles is 1. The molecule has 1 fully saturated rings. The van der Waals surface area contributed by atoms with Crippen molar-refractivity contribution in [2.24, 2.45) is 0 Å². The van der Waals surface area contributed by atoms with Gasteiger partial charge < -0.3 is 0 Å². The van der Waals surface area contributed by atoms with Crippen molar-refractivity contribution in [3.05, 3.63) is 26.7 Å². The van der Waals surface area contributed by atoms with Gasteiger partial charge in [0.1, 0.15) is 10.4 Å². The van der Waals surface area contributed by atoms with Crippen molar-refractivity contribution in [2.45, 2.75) is 36.1 Å². The van der Waals surface area contributed by atoms with Crippen LogP contribution in [-0.4, -0.2) is 14.0 Å². The Bertz CT molecular complexity index is 656. The van der Waals surface area contributed by atoms with Gasteiger partial charge in [-0.3, -0.25) is 0 Å². The molecule has 0 amide bonds. The quantitative estimate of drug-likeness (QED) is 0.841. The molecule has 20 heavy (non-hydrogen) atoms. The summed E-state index contributed by atoms with van der Waals surface area (Å²) in [6, 6.07) is 4.98. The molecule has 2 rings (SSSR count). The Kier molecular flexibility index (Phi) is 4.67. The SMILES string of the molecule is N#CC1(NS(=O)(=O)c2c(Cl)cc(Br)cc2Cl)CCCC1. The highest BCUT2D eigenvalue weighted by atomic mass is 79.9. The fourth-order valence-electron chi connectivity index (χ4n) is 2.31. The third-order valence-electron chi connectivity index (χ3n) is 3.23. The molecule has 8 heteroatoms. The number of nitrogens with zero attached hydrogens (tertiary/aromatic N) is 1. The molecular formula is C12H11BrCl2N2O2S. The first-order valence-electron chi connectivity index (χ1n) is 5.89. The Labute approximate surface area is 136 Å². The predicted octanol–water partition coefficient (Wildman–Crippen LogP) is 3.87. The molecule has 0 aromatic heterocycles. The van der Waals surface area contributed by atoms with E-state index in [1.165, 1.54) is 12.1 Å². The first kappa shape index (κ1) is 16.1. The lowest BCUT2D eigenvalue weighted by Crippen LogP contribution is -2.45. The zero-order valence-corrected chi connectivity index (χ0v) is 14.2. The molecule has 0 unspecified atom stereocenters. The lowest BCUT2D eigenvalue weighted by Gasteiger charge is -2.22. The zero-order valence-electron chi connectivity index (χ0n) is 10.3. The summed E-state index contributed by atoms with van der Waals surface area (Å²) in [7, 11) is -3.95. The maximum Gasteiger partial charge on any atom is 0.244 e. The minimum absolute atomic E-state index is 0.0166. The first-order valence-corrected chi connectivity index (χ1v) is 8.93. The third-order valence-corrected chi connectivity index (χ3v) is 6.15. The van der Waals surface area contributed by atoms with Crippen molar-refractivity contribution >= 4 is 49.2 Å². The normalized spacial score (nSPS) is 17.9. The topological polar surface area (TPSA) is 70.0 Å². The molecule has 0 saturated heterocycles. The van der Waals surface area contributed by atoms with Crippen molar-refractivity contribution in [3.63, 3.8) is 0 Å². The van der Waals surface area contributed by atoms with Crippen LogP contribution in [0, 0.1) is 11.3 Å². The van der Waals surface area contributed by atoms with Gasteiger partial charge in [-0.05, 0) is 25.0 Å². The lowest BCUT2D eigenvalue weighted by molar-refractivity contribution is 0.485. The molecule has 0 heterocycles. The average molecular weight is 398 g/mol. The smallest absolute Gasteiger partial charge is 0.207 e. The van der Waals surface area contributed by atoms with Crippen LogP contribution in [0.1, 0.15) is 25.7 Å². The monoisotopic (exact) mass is 396 g/mol. The highest BCUT2D eigenvalue weighted by Crippen LogP contribution is 2.36. The summed E-state index contributed by atoms with van der Waals surface area (Å²) in [5, 5.41) is 9.29. The minimum Gasteiger partial charge on any atom is -0.207 e. The molecule has 1 aromatic rings. The third kappa shape index (κ3) is 3.12. The number of rotatable bonds is 3. The Morgan fingerprint density at radius 3 is 2.20 bits per heavy atom. The van der Waals surface area contributed by atoms with Crippen molar-refractivity contribution in [1.82, 2.24) is 4.72 Å². The molecule has 1 N–H and O–H groups in total. The largest absolute Gasteiger partial charge is 0.244 e. The van der Waals surface area contributed by atoms with Gasteiger partial charge in [-0.15, -0.1) is 0 Å². The van der Waals surface area contributed by atoms with E-state index in [-0.39, 0.29) is 14.9 Å². The number of nitrogens with one attached hydrogen (secondary N) is 1. The molecule has 4 nitrogen and oxygen atoms in total. The molecule has 108 valence electrons. The van der Waals surface area contributed by atoms with Crippen LogP contribution < -0.4 is 4.72 Å². The fraction of sp³-hybridized carbons (Fsp3) is 0.417. The Morgan fingerprint density at radius 1 is 1.25 bits per heavy atom. The maximum absolute atomic E-state index is 12.5. The summed E-state index contributed by atoms with van der Waals surface area (Å²) >= 11 is 15.1. The molecular weight excluding hydrogens is 387 g/mol. The standard InChI is InChI=1S/C12H11BrCl2N2O2S/c13-8-5-9(14)11(10(15)6-8)20(18,19)17-12(7-16)3-1-2-4-12/h5-6,17H,1-4H2. The maximum atomic E-state index is 12.5. The van der Waals surface area contributed by atoms with Crippen LogP contribution >= 0.6 is 39.1 Å². The summed E-state index contributed by atoms with van der Waals surface area (Å²) in [6.07, 6.45) is 2.62. The van der Waals surface area contributed by atoms with Crippen LogP contribution in [0.2, 0.25) is 10.0 Å². The van der Waals surface area contributed by atoms with E-state index in [4.69, 9.17) is 23.2 Å². The van der Waals surface area contributed by atoms with Crippen molar-refractivity contribution in [1.29, 1.82) is 5.26 Å². The molecule has 0 bridgehead atoms. The number of hydrogen-bond acceptors (Lipinski definition) is 3. The molecule has 1 saturated carbocycles. The van der Waals surface area contributed by atoms with Gasteiger partial charge in [0.2, 0.25) is 10.0 Å².